The van der Waals surface area contributed by atoms with Crippen LogP contribution in [-0.4, -0.2) is 33.1 Å². The zero-order valence-electron chi connectivity index (χ0n) is 14.0. The van der Waals surface area contributed by atoms with Crippen LogP contribution in [0.3, 0.4) is 0 Å². The molecule has 0 saturated carbocycles. The van der Waals surface area contributed by atoms with Gasteiger partial charge in [0.15, 0.2) is 0 Å². The van der Waals surface area contributed by atoms with Crippen molar-refractivity contribution in [2.75, 3.05) is 11.9 Å². The van der Waals surface area contributed by atoms with Gasteiger partial charge in [-0.3, -0.25) is 4.68 Å². The van der Waals surface area contributed by atoms with Gasteiger partial charge < -0.3 is 15.7 Å². The van der Waals surface area contributed by atoms with Gasteiger partial charge in [-0.25, -0.2) is 4.79 Å². The molecule has 124 valence electrons. The first kappa shape index (κ1) is 17.0. The Bertz CT molecular complexity index is 662. The minimum atomic E-state index is -0.950. The first-order valence-corrected chi connectivity index (χ1v) is 7.66. The lowest BCUT2D eigenvalue weighted by Gasteiger charge is -2.27. The number of rotatable bonds is 5. The lowest BCUT2D eigenvalue weighted by atomic mass is 9.93. The Morgan fingerprint density at radius 2 is 2.00 bits per heavy atom. The van der Waals surface area contributed by atoms with Crippen LogP contribution >= 0.6 is 0 Å². The van der Waals surface area contributed by atoms with E-state index in [-0.39, 0.29) is 18.5 Å². The molecule has 1 atom stereocenters. The highest BCUT2D eigenvalue weighted by Crippen LogP contribution is 2.25. The number of urea groups is 1. The normalized spacial score (nSPS) is 13.7. The minimum absolute atomic E-state index is 0.0427. The zero-order valence-corrected chi connectivity index (χ0v) is 14.0. The molecule has 6 heteroatoms. The molecule has 1 aromatic heterocycles. The number of hydrogen-bond donors (Lipinski definition) is 3. The van der Waals surface area contributed by atoms with E-state index in [0.29, 0.717) is 11.4 Å². The molecule has 0 bridgehead atoms. The van der Waals surface area contributed by atoms with Crippen LogP contribution in [0.5, 0.6) is 0 Å². The number of nitrogens with zero attached hydrogens (tertiary/aromatic N) is 2. The number of aromatic nitrogens is 2. The van der Waals surface area contributed by atoms with Gasteiger partial charge in [0, 0.05) is 25.4 Å². The summed E-state index contributed by atoms with van der Waals surface area (Å²) in [4.78, 5) is 12.1. The Morgan fingerprint density at radius 1 is 1.35 bits per heavy atom. The fourth-order valence-corrected chi connectivity index (χ4v) is 2.02. The standard InChI is InChI=1S/C17H24N4O2/c1-12(2)17(3,23)11-18-16(22)19-14-10-21(4)20-15(14)13-8-6-5-7-9-13/h5-10,12,23H,11H2,1-4H3,(H2,18,19,22). The Hall–Kier alpha value is -2.34. The van der Waals surface area contributed by atoms with Crippen LogP contribution in [0.1, 0.15) is 20.8 Å². The van der Waals surface area contributed by atoms with E-state index in [1.807, 2.05) is 44.2 Å². The van der Waals surface area contributed by atoms with Crippen molar-refractivity contribution in [3.63, 3.8) is 0 Å². The van der Waals surface area contributed by atoms with E-state index >= 15 is 0 Å². The number of carbonyl (C=O) groups is 1. The third kappa shape index (κ3) is 4.32. The quantitative estimate of drug-likeness (QED) is 0.793. The van der Waals surface area contributed by atoms with Crippen molar-refractivity contribution < 1.29 is 9.90 Å². The monoisotopic (exact) mass is 316 g/mol. The SMILES string of the molecule is CC(C)C(C)(O)CNC(=O)Nc1cn(C)nc1-c1ccccc1. The second kappa shape index (κ2) is 6.83. The van der Waals surface area contributed by atoms with Crippen LogP contribution in [0.4, 0.5) is 10.5 Å². The van der Waals surface area contributed by atoms with Crippen molar-refractivity contribution in [3.05, 3.63) is 36.5 Å². The summed E-state index contributed by atoms with van der Waals surface area (Å²) in [5.74, 6) is 0.0427. The van der Waals surface area contributed by atoms with Crippen LogP contribution < -0.4 is 10.6 Å². The first-order valence-electron chi connectivity index (χ1n) is 7.66. The topological polar surface area (TPSA) is 79.2 Å². The molecule has 0 saturated heterocycles. The van der Waals surface area contributed by atoms with Crippen molar-refractivity contribution in [1.82, 2.24) is 15.1 Å². The van der Waals surface area contributed by atoms with Gasteiger partial charge in [0.2, 0.25) is 0 Å². The number of nitrogens with one attached hydrogen (secondary N) is 2. The van der Waals surface area contributed by atoms with Crippen LogP contribution in [-0.2, 0) is 7.05 Å². The predicted molar refractivity (Wildman–Crippen MR) is 91.1 cm³/mol. The summed E-state index contributed by atoms with van der Waals surface area (Å²) < 4.78 is 1.65. The number of hydrogen-bond acceptors (Lipinski definition) is 3. The third-order valence-corrected chi connectivity index (χ3v) is 3.97. The van der Waals surface area contributed by atoms with Crippen molar-refractivity contribution in [2.45, 2.75) is 26.4 Å². The molecule has 0 aliphatic carbocycles. The second-order valence-electron chi connectivity index (χ2n) is 6.25. The molecular formula is C17H24N4O2. The van der Waals surface area contributed by atoms with E-state index in [1.165, 1.54) is 0 Å². The molecule has 1 aromatic carbocycles. The van der Waals surface area contributed by atoms with Gasteiger partial charge in [-0.15, -0.1) is 0 Å². The molecule has 2 rings (SSSR count). The highest BCUT2D eigenvalue weighted by Gasteiger charge is 2.25. The maximum atomic E-state index is 12.1. The Labute approximate surface area is 136 Å². The molecule has 6 nitrogen and oxygen atoms in total. The molecule has 1 heterocycles. The smallest absolute Gasteiger partial charge is 0.319 e. The van der Waals surface area contributed by atoms with E-state index in [2.05, 4.69) is 15.7 Å². The Morgan fingerprint density at radius 3 is 2.61 bits per heavy atom. The van der Waals surface area contributed by atoms with Crippen LogP contribution in [0.25, 0.3) is 11.3 Å². The molecule has 0 spiro atoms. The minimum Gasteiger partial charge on any atom is -0.388 e. The summed E-state index contributed by atoms with van der Waals surface area (Å²) in [6.07, 6.45) is 1.75. The van der Waals surface area contributed by atoms with Gasteiger partial charge in [0.25, 0.3) is 0 Å². The summed E-state index contributed by atoms with van der Waals surface area (Å²) in [5, 5.41) is 20.1. The Kier molecular flexibility index (Phi) is 5.05. The average molecular weight is 316 g/mol. The number of amides is 2. The number of benzene rings is 1. The summed E-state index contributed by atoms with van der Waals surface area (Å²) in [7, 11) is 1.80. The van der Waals surface area contributed by atoms with E-state index in [4.69, 9.17) is 0 Å². The molecule has 2 amide bonds. The van der Waals surface area contributed by atoms with Crippen LogP contribution in [0.2, 0.25) is 0 Å². The number of carbonyl (C=O) groups excluding carboxylic acids is 1. The largest absolute Gasteiger partial charge is 0.388 e. The average Bonchev–Trinajstić information content (AvgIpc) is 2.86. The molecular weight excluding hydrogens is 292 g/mol. The van der Waals surface area contributed by atoms with Gasteiger partial charge in [-0.05, 0) is 12.8 Å². The molecule has 0 aliphatic rings. The van der Waals surface area contributed by atoms with Crippen molar-refractivity contribution >= 4 is 11.7 Å². The summed E-state index contributed by atoms with van der Waals surface area (Å²) in [6, 6.07) is 9.29. The number of aryl methyl sites for hydroxylation is 1. The van der Waals surface area contributed by atoms with E-state index < -0.39 is 5.60 Å². The number of anilines is 1. The Balaban J connectivity index is 2.08. The molecule has 2 aromatic rings. The molecule has 0 radical (unpaired) electrons. The maximum Gasteiger partial charge on any atom is 0.319 e. The van der Waals surface area contributed by atoms with E-state index in [0.717, 1.165) is 5.56 Å². The summed E-state index contributed by atoms with van der Waals surface area (Å²) >= 11 is 0. The highest BCUT2D eigenvalue weighted by atomic mass is 16.3. The van der Waals surface area contributed by atoms with Gasteiger partial charge in [-0.2, -0.15) is 5.10 Å². The van der Waals surface area contributed by atoms with E-state index in [9.17, 15) is 9.90 Å². The zero-order chi connectivity index (χ0) is 17.0. The summed E-state index contributed by atoms with van der Waals surface area (Å²) in [5.41, 5.74) is 1.31. The van der Waals surface area contributed by atoms with Gasteiger partial charge in [-0.1, -0.05) is 44.2 Å². The fraction of sp³-hybridized carbons (Fsp3) is 0.412. The van der Waals surface area contributed by atoms with E-state index in [1.54, 1.807) is 24.9 Å². The lowest BCUT2D eigenvalue weighted by Crippen LogP contribution is -2.45. The molecule has 23 heavy (non-hydrogen) atoms. The lowest BCUT2D eigenvalue weighted by molar-refractivity contribution is 0.0170. The van der Waals surface area contributed by atoms with Gasteiger partial charge >= 0.3 is 6.03 Å². The maximum absolute atomic E-state index is 12.1. The summed E-state index contributed by atoms with van der Waals surface area (Å²) in [6.45, 7) is 5.71. The van der Waals surface area contributed by atoms with Crippen LogP contribution in [0.15, 0.2) is 36.5 Å². The molecule has 0 aliphatic heterocycles. The highest BCUT2D eigenvalue weighted by molar-refractivity contribution is 5.93. The second-order valence-corrected chi connectivity index (χ2v) is 6.25. The van der Waals surface area contributed by atoms with Gasteiger partial charge in [0.05, 0.1) is 11.3 Å². The van der Waals surface area contributed by atoms with Crippen molar-refractivity contribution in [3.8, 4) is 11.3 Å². The van der Waals surface area contributed by atoms with Crippen LogP contribution in [0, 0.1) is 5.92 Å². The number of aliphatic hydroxyl groups is 1. The third-order valence-electron chi connectivity index (χ3n) is 3.97. The molecule has 0 fully saturated rings. The fourth-order valence-electron chi connectivity index (χ4n) is 2.02. The molecule has 3 N–H and O–H groups in total. The first-order chi connectivity index (χ1) is 10.8. The van der Waals surface area contributed by atoms with Crippen molar-refractivity contribution in [2.24, 2.45) is 13.0 Å². The van der Waals surface area contributed by atoms with Gasteiger partial charge in [0.1, 0.15) is 5.69 Å². The molecule has 1 unspecified atom stereocenters. The van der Waals surface area contributed by atoms with Crippen molar-refractivity contribution in [1.29, 1.82) is 0 Å². The predicted octanol–water partition coefficient (Wildman–Crippen LogP) is 2.62.